The zero-order valence-electron chi connectivity index (χ0n) is 9.98. The Morgan fingerprint density at radius 3 is 2.50 bits per heavy atom. The zero-order chi connectivity index (χ0) is 12.0. The molecule has 1 rings (SSSR count). The quantitative estimate of drug-likeness (QED) is 0.680. The van der Waals surface area contributed by atoms with Crippen molar-refractivity contribution in [3.8, 4) is 0 Å². The number of hydrogen-bond acceptors (Lipinski definition) is 4. The van der Waals surface area contributed by atoms with Crippen molar-refractivity contribution in [1.29, 1.82) is 0 Å². The van der Waals surface area contributed by atoms with Gasteiger partial charge in [-0.05, 0) is 32.9 Å². The molecule has 0 aromatic carbocycles. The summed E-state index contributed by atoms with van der Waals surface area (Å²) in [4.78, 5) is 2.30. The predicted molar refractivity (Wildman–Crippen MR) is 65.7 cm³/mol. The lowest BCUT2D eigenvalue weighted by molar-refractivity contribution is 0.232. The maximum atomic E-state index is 11.6. The van der Waals surface area contributed by atoms with Gasteiger partial charge in [-0.1, -0.05) is 6.42 Å². The van der Waals surface area contributed by atoms with Crippen molar-refractivity contribution in [3.05, 3.63) is 0 Å². The van der Waals surface area contributed by atoms with Crippen LogP contribution in [0.1, 0.15) is 26.2 Å². The number of nitrogens with zero attached hydrogens (tertiary/aromatic N) is 1. The smallest absolute Gasteiger partial charge is 0.215 e. The van der Waals surface area contributed by atoms with Crippen molar-refractivity contribution in [1.82, 2.24) is 9.62 Å². The maximum absolute atomic E-state index is 11.6. The molecule has 0 spiro atoms. The second-order valence-corrected chi connectivity index (χ2v) is 6.57. The molecule has 0 bridgehead atoms. The highest BCUT2D eigenvalue weighted by Crippen LogP contribution is 2.07. The zero-order valence-corrected chi connectivity index (χ0v) is 10.8. The Balaban J connectivity index is 2.23. The molecule has 6 heteroatoms. The summed E-state index contributed by atoms with van der Waals surface area (Å²) in [6, 6.07) is 0. The van der Waals surface area contributed by atoms with E-state index in [-0.39, 0.29) is 6.54 Å². The van der Waals surface area contributed by atoms with Gasteiger partial charge in [0.2, 0.25) is 10.0 Å². The SMILES string of the molecule is CC(CN)S(=O)(=O)NCCN1CCCCC1. The van der Waals surface area contributed by atoms with E-state index in [9.17, 15) is 8.42 Å². The van der Waals surface area contributed by atoms with E-state index in [1.54, 1.807) is 6.92 Å². The van der Waals surface area contributed by atoms with E-state index in [4.69, 9.17) is 5.73 Å². The van der Waals surface area contributed by atoms with Crippen LogP contribution in [0, 0.1) is 0 Å². The first-order chi connectivity index (χ1) is 7.56. The van der Waals surface area contributed by atoms with Crippen LogP contribution in [0.4, 0.5) is 0 Å². The third kappa shape index (κ3) is 4.37. The van der Waals surface area contributed by atoms with Crippen molar-refractivity contribution in [3.63, 3.8) is 0 Å². The molecule has 5 nitrogen and oxygen atoms in total. The van der Waals surface area contributed by atoms with Crippen LogP contribution >= 0.6 is 0 Å². The van der Waals surface area contributed by atoms with Crippen LogP contribution in [0.5, 0.6) is 0 Å². The van der Waals surface area contributed by atoms with Gasteiger partial charge in [-0.15, -0.1) is 0 Å². The molecule has 0 aromatic rings. The van der Waals surface area contributed by atoms with E-state index in [0.29, 0.717) is 6.54 Å². The van der Waals surface area contributed by atoms with Crippen LogP contribution in [0.3, 0.4) is 0 Å². The first-order valence-electron chi connectivity index (χ1n) is 5.97. The standard InChI is InChI=1S/C10H23N3O2S/c1-10(9-11)16(14,15)12-5-8-13-6-3-2-4-7-13/h10,12H,2-9,11H2,1H3. The fraction of sp³-hybridized carbons (Fsp3) is 1.00. The summed E-state index contributed by atoms with van der Waals surface area (Å²) in [5.74, 6) is 0. The molecule has 1 saturated heterocycles. The number of piperidine rings is 1. The van der Waals surface area contributed by atoms with E-state index < -0.39 is 15.3 Å². The summed E-state index contributed by atoms with van der Waals surface area (Å²) < 4.78 is 25.8. The third-order valence-corrected chi connectivity index (χ3v) is 4.90. The molecule has 0 amide bonds. The second kappa shape index (κ2) is 6.54. The van der Waals surface area contributed by atoms with Crippen LogP contribution in [-0.2, 0) is 10.0 Å². The minimum Gasteiger partial charge on any atom is -0.329 e. The van der Waals surface area contributed by atoms with E-state index in [1.165, 1.54) is 19.3 Å². The molecular formula is C10H23N3O2S. The van der Waals surface area contributed by atoms with Gasteiger partial charge in [0.05, 0.1) is 5.25 Å². The molecule has 1 aliphatic heterocycles. The van der Waals surface area contributed by atoms with Gasteiger partial charge in [0.15, 0.2) is 0 Å². The van der Waals surface area contributed by atoms with E-state index in [0.717, 1.165) is 19.6 Å². The minimum atomic E-state index is -3.21. The third-order valence-electron chi connectivity index (χ3n) is 3.04. The van der Waals surface area contributed by atoms with E-state index >= 15 is 0 Å². The summed E-state index contributed by atoms with van der Waals surface area (Å²) in [5.41, 5.74) is 5.34. The fourth-order valence-corrected chi connectivity index (χ4v) is 2.71. The Morgan fingerprint density at radius 1 is 1.31 bits per heavy atom. The molecule has 0 aliphatic carbocycles. The van der Waals surface area contributed by atoms with Gasteiger partial charge in [0.25, 0.3) is 0 Å². The molecule has 1 atom stereocenters. The summed E-state index contributed by atoms with van der Waals surface area (Å²) in [6.45, 7) is 5.27. The van der Waals surface area contributed by atoms with Crippen molar-refractivity contribution < 1.29 is 8.42 Å². The highest BCUT2D eigenvalue weighted by molar-refractivity contribution is 7.90. The molecule has 1 heterocycles. The maximum Gasteiger partial charge on any atom is 0.215 e. The normalized spacial score (nSPS) is 20.9. The van der Waals surface area contributed by atoms with Crippen LogP contribution in [0.2, 0.25) is 0 Å². The summed E-state index contributed by atoms with van der Waals surface area (Å²) in [7, 11) is -3.21. The Hall–Kier alpha value is -0.170. The molecular weight excluding hydrogens is 226 g/mol. The van der Waals surface area contributed by atoms with Gasteiger partial charge < -0.3 is 10.6 Å². The highest BCUT2D eigenvalue weighted by Gasteiger charge is 2.18. The Kier molecular flexibility index (Phi) is 5.68. The van der Waals surface area contributed by atoms with E-state index in [2.05, 4.69) is 9.62 Å². The topological polar surface area (TPSA) is 75.4 Å². The average molecular weight is 249 g/mol. The summed E-state index contributed by atoms with van der Waals surface area (Å²) in [5, 5.41) is -0.506. The van der Waals surface area contributed by atoms with Gasteiger partial charge in [-0.2, -0.15) is 0 Å². The van der Waals surface area contributed by atoms with Crippen molar-refractivity contribution in [2.45, 2.75) is 31.4 Å². The summed E-state index contributed by atoms with van der Waals surface area (Å²) >= 11 is 0. The summed E-state index contributed by atoms with van der Waals surface area (Å²) in [6.07, 6.45) is 3.75. The minimum absolute atomic E-state index is 0.166. The Labute approximate surface area is 98.4 Å². The Bertz CT molecular complexity index is 286. The number of nitrogens with one attached hydrogen (secondary N) is 1. The lowest BCUT2D eigenvalue weighted by Gasteiger charge is -2.26. The number of hydrogen-bond donors (Lipinski definition) is 2. The monoisotopic (exact) mass is 249 g/mol. The first-order valence-corrected chi connectivity index (χ1v) is 7.52. The van der Waals surface area contributed by atoms with Gasteiger partial charge in [-0.3, -0.25) is 0 Å². The van der Waals surface area contributed by atoms with E-state index in [1.807, 2.05) is 0 Å². The highest BCUT2D eigenvalue weighted by atomic mass is 32.2. The molecule has 0 aromatic heterocycles. The molecule has 1 aliphatic rings. The van der Waals surface area contributed by atoms with Gasteiger partial charge in [0.1, 0.15) is 0 Å². The predicted octanol–water partition coefficient (Wildman–Crippen LogP) is -0.261. The van der Waals surface area contributed by atoms with Crippen LogP contribution in [-0.4, -0.2) is 51.3 Å². The number of rotatable bonds is 6. The molecule has 1 fully saturated rings. The van der Waals surface area contributed by atoms with Gasteiger partial charge in [-0.25, -0.2) is 13.1 Å². The lowest BCUT2D eigenvalue weighted by Crippen LogP contribution is -2.42. The van der Waals surface area contributed by atoms with Crippen LogP contribution in [0.15, 0.2) is 0 Å². The molecule has 0 radical (unpaired) electrons. The largest absolute Gasteiger partial charge is 0.329 e. The van der Waals surface area contributed by atoms with Gasteiger partial charge in [0, 0.05) is 19.6 Å². The number of likely N-dealkylation sites (tertiary alicyclic amines) is 1. The van der Waals surface area contributed by atoms with Crippen molar-refractivity contribution in [2.24, 2.45) is 5.73 Å². The average Bonchev–Trinajstić information content (AvgIpc) is 2.29. The Morgan fingerprint density at radius 2 is 1.94 bits per heavy atom. The van der Waals surface area contributed by atoms with Gasteiger partial charge >= 0.3 is 0 Å². The second-order valence-electron chi connectivity index (χ2n) is 4.39. The fourth-order valence-electron chi connectivity index (χ4n) is 1.80. The first kappa shape index (κ1) is 13.9. The molecule has 96 valence electrons. The van der Waals surface area contributed by atoms with Crippen molar-refractivity contribution >= 4 is 10.0 Å². The lowest BCUT2D eigenvalue weighted by atomic mass is 10.1. The molecule has 3 N–H and O–H groups in total. The van der Waals surface area contributed by atoms with Crippen molar-refractivity contribution in [2.75, 3.05) is 32.7 Å². The molecule has 0 saturated carbocycles. The number of sulfonamides is 1. The number of nitrogens with two attached hydrogens (primary N) is 1. The molecule has 1 unspecified atom stereocenters. The van der Waals surface area contributed by atoms with Crippen LogP contribution < -0.4 is 10.5 Å². The van der Waals surface area contributed by atoms with Crippen LogP contribution in [0.25, 0.3) is 0 Å². The molecule has 16 heavy (non-hydrogen) atoms.